The number of carboxylic acid groups (broad SMARTS) is 1. The molecule has 0 saturated heterocycles. The first-order chi connectivity index (χ1) is 18.1. The van der Waals surface area contributed by atoms with Crippen LogP contribution in [0, 0.1) is 0 Å². The highest BCUT2D eigenvalue weighted by atomic mass is 16.6. The van der Waals surface area contributed by atoms with E-state index >= 15 is 0 Å². The lowest BCUT2D eigenvalue weighted by Gasteiger charge is -2.22. The van der Waals surface area contributed by atoms with Gasteiger partial charge in [0.15, 0.2) is 6.61 Å². The molecule has 202 valence electrons. The summed E-state index contributed by atoms with van der Waals surface area (Å²) in [4.78, 5) is 25.0. The highest BCUT2D eigenvalue weighted by Gasteiger charge is 2.18. The molecule has 3 rings (SSSR count). The van der Waals surface area contributed by atoms with Crippen molar-refractivity contribution >= 4 is 29.5 Å². The van der Waals surface area contributed by atoms with Crippen LogP contribution in [0.2, 0.25) is 0 Å². The standard InChI is InChI=1S/C27H27NO5.C4H11N/c29-26(30)21-33-25-18-11-13-22(20-25)12-5-1-2-10-19-32-27(31)28(23-14-6-3-7-15-23)24-16-8-4-9-17-24;1-4(2,3)5/h3-9,11-18,20H,1-2,10,19,21H2,(H,29,30);5H2,1-3H3. The van der Waals surface area contributed by atoms with Crippen LogP contribution in [0.5, 0.6) is 5.75 Å². The Hall–Kier alpha value is -4.10. The number of hydrogen-bond donors (Lipinski definition) is 2. The molecule has 0 radical (unpaired) electrons. The molecule has 3 aromatic rings. The second-order valence-corrected chi connectivity index (χ2v) is 9.64. The number of ether oxygens (including phenoxy) is 2. The van der Waals surface area contributed by atoms with Gasteiger partial charge in [0.1, 0.15) is 5.75 Å². The Kier molecular flexibility index (Phi) is 12.6. The fourth-order valence-electron chi connectivity index (χ4n) is 3.17. The summed E-state index contributed by atoms with van der Waals surface area (Å²) in [5, 5.41) is 8.70. The van der Waals surface area contributed by atoms with Gasteiger partial charge in [0.2, 0.25) is 0 Å². The first kappa shape index (κ1) is 30.1. The summed E-state index contributed by atoms with van der Waals surface area (Å²) in [5.74, 6) is -0.486. The average molecular weight is 519 g/mol. The molecule has 0 aliphatic rings. The maximum atomic E-state index is 12.8. The van der Waals surface area contributed by atoms with Crippen molar-refractivity contribution in [1.29, 1.82) is 0 Å². The number of carbonyl (C=O) groups excluding carboxylic acids is 1. The normalized spacial score (nSPS) is 10.8. The maximum Gasteiger partial charge on any atom is 0.418 e. The fourth-order valence-corrected chi connectivity index (χ4v) is 3.17. The molecule has 0 bridgehead atoms. The molecule has 7 nitrogen and oxygen atoms in total. The van der Waals surface area contributed by atoms with Gasteiger partial charge in [0.25, 0.3) is 0 Å². The van der Waals surface area contributed by atoms with Crippen molar-refractivity contribution in [2.75, 3.05) is 18.1 Å². The zero-order valence-electron chi connectivity index (χ0n) is 22.4. The van der Waals surface area contributed by atoms with E-state index in [1.54, 1.807) is 17.0 Å². The molecular weight excluding hydrogens is 480 g/mol. The van der Waals surface area contributed by atoms with E-state index in [4.69, 9.17) is 20.3 Å². The molecule has 3 aromatic carbocycles. The maximum absolute atomic E-state index is 12.8. The van der Waals surface area contributed by atoms with Gasteiger partial charge in [-0.2, -0.15) is 0 Å². The number of rotatable bonds is 11. The molecule has 0 aliphatic carbocycles. The fraction of sp³-hybridized carbons (Fsp3) is 0.290. The Bertz CT molecular complexity index is 1100. The molecule has 0 atom stereocenters. The quantitative estimate of drug-likeness (QED) is 0.264. The predicted molar refractivity (Wildman–Crippen MR) is 153 cm³/mol. The van der Waals surface area contributed by atoms with Crippen LogP contribution in [-0.2, 0) is 9.53 Å². The van der Waals surface area contributed by atoms with E-state index in [2.05, 4.69) is 0 Å². The summed E-state index contributed by atoms with van der Waals surface area (Å²) in [6.07, 6.45) is 6.05. The Morgan fingerprint density at radius 3 is 2.03 bits per heavy atom. The van der Waals surface area contributed by atoms with Crippen LogP contribution in [-0.4, -0.2) is 35.9 Å². The number of carboxylic acids is 1. The smallest absolute Gasteiger partial charge is 0.418 e. The minimum Gasteiger partial charge on any atom is -0.482 e. The summed E-state index contributed by atoms with van der Waals surface area (Å²) in [6, 6.07) is 26.1. The summed E-state index contributed by atoms with van der Waals surface area (Å²) < 4.78 is 10.7. The molecule has 0 spiro atoms. The van der Waals surface area contributed by atoms with Gasteiger partial charge in [-0.1, -0.05) is 60.7 Å². The number of nitrogens with zero attached hydrogens (tertiary/aromatic N) is 1. The van der Waals surface area contributed by atoms with Gasteiger partial charge < -0.3 is 20.3 Å². The van der Waals surface area contributed by atoms with E-state index in [0.717, 1.165) is 36.2 Å². The number of hydrogen-bond acceptors (Lipinski definition) is 5. The average Bonchev–Trinajstić information content (AvgIpc) is 2.88. The van der Waals surface area contributed by atoms with Crippen LogP contribution >= 0.6 is 0 Å². The second-order valence-electron chi connectivity index (χ2n) is 9.64. The highest BCUT2D eigenvalue weighted by Crippen LogP contribution is 2.26. The SMILES string of the molecule is CC(C)(C)N.O=C(O)COc1cccc(C=CCCCCOC(=O)N(c2ccccc2)c2ccccc2)c1. The van der Waals surface area contributed by atoms with Crippen molar-refractivity contribution in [3.05, 3.63) is 96.6 Å². The molecule has 38 heavy (non-hydrogen) atoms. The number of benzene rings is 3. The number of anilines is 2. The largest absolute Gasteiger partial charge is 0.482 e. The van der Waals surface area contributed by atoms with Gasteiger partial charge in [-0.25, -0.2) is 14.5 Å². The molecule has 1 amide bonds. The molecule has 0 unspecified atom stereocenters. The van der Waals surface area contributed by atoms with Gasteiger partial charge in [-0.3, -0.25) is 0 Å². The highest BCUT2D eigenvalue weighted by molar-refractivity contribution is 5.95. The van der Waals surface area contributed by atoms with Gasteiger partial charge in [0.05, 0.1) is 18.0 Å². The lowest BCUT2D eigenvalue weighted by Crippen LogP contribution is -2.27. The van der Waals surface area contributed by atoms with Crippen LogP contribution in [0.3, 0.4) is 0 Å². The minimum atomic E-state index is -1.01. The Morgan fingerprint density at radius 1 is 0.895 bits per heavy atom. The Balaban J connectivity index is 0.000000926. The van der Waals surface area contributed by atoms with Crippen LogP contribution in [0.15, 0.2) is 91.0 Å². The van der Waals surface area contributed by atoms with Crippen molar-refractivity contribution in [1.82, 2.24) is 0 Å². The Labute approximate surface area is 225 Å². The molecular formula is C31H38N2O5. The molecule has 0 aromatic heterocycles. The number of para-hydroxylation sites is 2. The molecule has 3 N–H and O–H groups in total. The number of unbranched alkanes of at least 4 members (excludes halogenated alkanes) is 2. The predicted octanol–water partition coefficient (Wildman–Crippen LogP) is 7.05. The molecule has 0 heterocycles. The zero-order valence-corrected chi connectivity index (χ0v) is 22.4. The second kappa shape index (κ2) is 15.9. The number of aliphatic carboxylic acids is 1. The van der Waals surface area contributed by atoms with Gasteiger partial charge in [0, 0.05) is 5.54 Å². The number of carbonyl (C=O) groups is 2. The van der Waals surface area contributed by atoms with E-state index in [1.807, 2.05) is 106 Å². The van der Waals surface area contributed by atoms with Crippen molar-refractivity contribution in [3.63, 3.8) is 0 Å². The van der Waals surface area contributed by atoms with Crippen LogP contribution < -0.4 is 15.4 Å². The van der Waals surface area contributed by atoms with Gasteiger partial charge in [-0.15, -0.1) is 0 Å². The summed E-state index contributed by atoms with van der Waals surface area (Å²) >= 11 is 0. The first-order valence-corrected chi connectivity index (χ1v) is 12.6. The van der Waals surface area contributed by atoms with Crippen molar-refractivity contribution in [2.24, 2.45) is 5.73 Å². The zero-order chi connectivity index (χ0) is 27.8. The van der Waals surface area contributed by atoms with E-state index in [9.17, 15) is 9.59 Å². The third-order valence-electron chi connectivity index (χ3n) is 4.73. The molecule has 7 heteroatoms. The summed E-state index contributed by atoms with van der Waals surface area (Å²) in [6.45, 7) is 5.87. The Morgan fingerprint density at radius 2 is 1.47 bits per heavy atom. The monoisotopic (exact) mass is 518 g/mol. The third-order valence-corrected chi connectivity index (χ3v) is 4.73. The van der Waals surface area contributed by atoms with E-state index in [1.165, 1.54) is 0 Å². The summed E-state index contributed by atoms with van der Waals surface area (Å²) in [5.41, 5.74) is 7.80. The topological polar surface area (TPSA) is 102 Å². The van der Waals surface area contributed by atoms with Crippen molar-refractivity contribution < 1.29 is 24.2 Å². The number of allylic oxidation sites excluding steroid dienone is 1. The number of nitrogens with two attached hydrogens (primary N) is 1. The van der Waals surface area contributed by atoms with Gasteiger partial charge in [-0.05, 0) is 82.0 Å². The third kappa shape index (κ3) is 12.7. The van der Waals surface area contributed by atoms with E-state index < -0.39 is 12.1 Å². The van der Waals surface area contributed by atoms with Gasteiger partial charge >= 0.3 is 12.1 Å². The molecule has 0 saturated carbocycles. The first-order valence-electron chi connectivity index (χ1n) is 12.6. The summed E-state index contributed by atoms with van der Waals surface area (Å²) in [7, 11) is 0. The van der Waals surface area contributed by atoms with Crippen LogP contribution in [0.1, 0.15) is 45.6 Å². The lowest BCUT2D eigenvalue weighted by molar-refractivity contribution is -0.139. The van der Waals surface area contributed by atoms with Crippen molar-refractivity contribution in [2.45, 2.75) is 45.6 Å². The minimum absolute atomic E-state index is 0. The molecule has 0 aliphatic heterocycles. The molecule has 0 fully saturated rings. The van der Waals surface area contributed by atoms with E-state index in [0.29, 0.717) is 12.4 Å². The van der Waals surface area contributed by atoms with Crippen molar-refractivity contribution in [3.8, 4) is 5.75 Å². The van der Waals surface area contributed by atoms with Crippen LogP contribution in [0.25, 0.3) is 6.08 Å². The van der Waals surface area contributed by atoms with Crippen LogP contribution in [0.4, 0.5) is 16.2 Å². The number of amides is 1. The van der Waals surface area contributed by atoms with E-state index in [-0.39, 0.29) is 12.1 Å². The lowest BCUT2D eigenvalue weighted by atomic mass is 10.1.